The second kappa shape index (κ2) is 5.80. The highest BCUT2D eigenvalue weighted by Crippen LogP contribution is 2.25. The minimum atomic E-state index is -3.87. The van der Waals surface area contributed by atoms with E-state index in [1.165, 1.54) is 24.3 Å². The summed E-state index contributed by atoms with van der Waals surface area (Å²) in [5.74, 6) is -0.956. The molecule has 21 heavy (non-hydrogen) atoms. The number of nitrogens with two attached hydrogens (primary N) is 1. The van der Waals surface area contributed by atoms with Crippen molar-refractivity contribution in [1.82, 2.24) is 0 Å². The zero-order valence-corrected chi connectivity index (χ0v) is 12.1. The van der Waals surface area contributed by atoms with Gasteiger partial charge in [-0.25, -0.2) is 17.9 Å². The molecule has 8 heteroatoms. The molecule has 0 bridgehead atoms. The van der Waals surface area contributed by atoms with E-state index < -0.39 is 21.7 Å². The SMILES string of the molecule is NS(=O)(=O)c1ccc(NC(=O)c2ccc(F)cc2)c(Cl)c1. The van der Waals surface area contributed by atoms with Gasteiger partial charge in [0.1, 0.15) is 5.82 Å². The monoisotopic (exact) mass is 328 g/mol. The summed E-state index contributed by atoms with van der Waals surface area (Å²) in [6, 6.07) is 8.62. The van der Waals surface area contributed by atoms with E-state index in [4.69, 9.17) is 16.7 Å². The maximum Gasteiger partial charge on any atom is 0.255 e. The Bertz CT molecular complexity index is 792. The molecule has 0 aliphatic carbocycles. The Morgan fingerprint density at radius 3 is 2.29 bits per heavy atom. The highest BCUT2D eigenvalue weighted by Gasteiger charge is 2.13. The second-order valence-corrected chi connectivity index (χ2v) is 6.12. The van der Waals surface area contributed by atoms with E-state index in [-0.39, 0.29) is 21.2 Å². The van der Waals surface area contributed by atoms with Crippen LogP contribution in [0.4, 0.5) is 10.1 Å². The topological polar surface area (TPSA) is 89.3 Å². The Labute approximate surface area is 125 Å². The van der Waals surface area contributed by atoms with Gasteiger partial charge >= 0.3 is 0 Å². The van der Waals surface area contributed by atoms with E-state index in [9.17, 15) is 17.6 Å². The van der Waals surface area contributed by atoms with Gasteiger partial charge in [-0.1, -0.05) is 11.6 Å². The molecule has 0 aliphatic heterocycles. The van der Waals surface area contributed by atoms with Crippen LogP contribution in [0.3, 0.4) is 0 Å². The number of benzene rings is 2. The molecule has 0 atom stereocenters. The van der Waals surface area contributed by atoms with Gasteiger partial charge in [0.25, 0.3) is 5.91 Å². The Morgan fingerprint density at radius 1 is 1.14 bits per heavy atom. The fraction of sp³-hybridized carbons (Fsp3) is 0. The number of halogens is 2. The molecule has 0 fully saturated rings. The molecule has 3 N–H and O–H groups in total. The molecule has 5 nitrogen and oxygen atoms in total. The highest BCUT2D eigenvalue weighted by atomic mass is 35.5. The third-order valence-corrected chi connectivity index (χ3v) is 3.85. The molecular weight excluding hydrogens is 319 g/mol. The van der Waals surface area contributed by atoms with Crippen molar-refractivity contribution in [2.75, 3.05) is 5.32 Å². The summed E-state index contributed by atoms with van der Waals surface area (Å²) in [6.45, 7) is 0. The molecule has 1 amide bonds. The van der Waals surface area contributed by atoms with Crippen LogP contribution in [0, 0.1) is 5.82 Å². The van der Waals surface area contributed by atoms with Gasteiger partial charge in [0.05, 0.1) is 15.6 Å². The van der Waals surface area contributed by atoms with Crippen LogP contribution < -0.4 is 10.5 Å². The quantitative estimate of drug-likeness (QED) is 0.906. The number of rotatable bonds is 3. The first-order chi connectivity index (χ1) is 9.77. The summed E-state index contributed by atoms with van der Waals surface area (Å²) in [5, 5.41) is 7.49. The maximum absolute atomic E-state index is 12.8. The van der Waals surface area contributed by atoms with Crippen molar-refractivity contribution >= 4 is 33.2 Å². The number of amides is 1. The van der Waals surface area contributed by atoms with E-state index in [0.29, 0.717) is 0 Å². The standard InChI is InChI=1S/C13H10ClFN2O3S/c14-11-7-10(21(16,19)20)5-6-12(11)17-13(18)8-1-3-9(15)4-2-8/h1-7H,(H,17,18)(H2,16,19,20). The summed E-state index contributed by atoms with van der Waals surface area (Å²) in [7, 11) is -3.87. The van der Waals surface area contributed by atoms with Crippen LogP contribution in [0.1, 0.15) is 10.4 Å². The summed E-state index contributed by atoms with van der Waals surface area (Å²) >= 11 is 5.90. The summed E-state index contributed by atoms with van der Waals surface area (Å²) in [4.78, 5) is 11.8. The van der Waals surface area contributed by atoms with Crippen molar-refractivity contribution in [3.63, 3.8) is 0 Å². The van der Waals surface area contributed by atoms with E-state index in [1.54, 1.807) is 0 Å². The highest BCUT2D eigenvalue weighted by molar-refractivity contribution is 7.89. The molecule has 2 rings (SSSR count). The van der Waals surface area contributed by atoms with Gasteiger partial charge in [-0.2, -0.15) is 0 Å². The number of carbonyl (C=O) groups is 1. The van der Waals surface area contributed by atoms with E-state index in [0.717, 1.165) is 18.2 Å². The average Bonchev–Trinajstić information content (AvgIpc) is 2.40. The lowest BCUT2D eigenvalue weighted by Gasteiger charge is -2.08. The molecule has 0 radical (unpaired) electrons. The van der Waals surface area contributed by atoms with Gasteiger partial charge in [0.15, 0.2) is 0 Å². The molecule has 0 saturated heterocycles. The van der Waals surface area contributed by atoms with Gasteiger partial charge in [-0.3, -0.25) is 4.79 Å². The third-order valence-electron chi connectivity index (χ3n) is 2.62. The van der Waals surface area contributed by atoms with Gasteiger partial charge in [0.2, 0.25) is 10.0 Å². The predicted molar refractivity (Wildman–Crippen MR) is 77.2 cm³/mol. The fourth-order valence-electron chi connectivity index (χ4n) is 1.57. The van der Waals surface area contributed by atoms with Crippen LogP contribution in [0.5, 0.6) is 0 Å². The molecule has 0 saturated carbocycles. The minimum absolute atomic E-state index is 0.0250. The zero-order valence-electron chi connectivity index (χ0n) is 10.5. The van der Waals surface area contributed by atoms with Crippen molar-refractivity contribution < 1.29 is 17.6 Å². The largest absolute Gasteiger partial charge is 0.321 e. The van der Waals surface area contributed by atoms with Crippen LogP contribution >= 0.6 is 11.6 Å². The smallest absolute Gasteiger partial charge is 0.255 e. The lowest BCUT2D eigenvalue weighted by atomic mass is 10.2. The number of nitrogens with one attached hydrogen (secondary N) is 1. The molecular formula is C13H10ClFN2O3S. The number of hydrogen-bond donors (Lipinski definition) is 2. The van der Waals surface area contributed by atoms with Gasteiger partial charge in [-0.05, 0) is 42.5 Å². The Balaban J connectivity index is 2.24. The average molecular weight is 329 g/mol. The summed E-state index contributed by atoms with van der Waals surface area (Å²) in [6.07, 6.45) is 0. The summed E-state index contributed by atoms with van der Waals surface area (Å²) < 4.78 is 35.1. The summed E-state index contributed by atoms with van der Waals surface area (Å²) in [5.41, 5.74) is 0.460. The Hall–Kier alpha value is -1.96. The Kier molecular flexibility index (Phi) is 4.26. The van der Waals surface area contributed by atoms with E-state index in [1.807, 2.05) is 0 Å². The van der Waals surface area contributed by atoms with Crippen LogP contribution in [-0.4, -0.2) is 14.3 Å². The Morgan fingerprint density at radius 2 is 1.76 bits per heavy atom. The van der Waals surface area contributed by atoms with Gasteiger partial charge < -0.3 is 5.32 Å². The molecule has 2 aromatic rings. The van der Waals surface area contributed by atoms with Crippen molar-refractivity contribution in [3.8, 4) is 0 Å². The van der Waals surface area contributed by atoms with E-state index >= 15 is 0 Å². The van der Waals surface area contributed by atoms with Crippen molar-refractivity contribution in [3.05, 3.63) is 58.9 Å². The van der Waals surface area contributed by atoms with Crippen LogP contribution in [-0.2, 0) is 10.0 Å². The van der Waals surface area contributed by atoms with Crippen molar-refractivity contribution in [2.45, 2.75) is 4.90 Å². The molecule has 0 spiro atoms. The predicted octanol–water partition coefficient (Wildman–Crippen LogP) is 2.38. The van der Waals surface area contributed by atoms with Crippen LogP contribution in [0.15, 0.2) is 47.4 Å². The molecule has 0 aliphatic rings. The first-order valence-corrected chi connectivity index (χ1v) is 7.59. The fourth-order valence-corrected chi connectivity index (χ4v) is 2.40. The van der Waals surface area contributed by atoms with Crippen LogP contribution in [0.25, 0.3) is 0 Å². The zero-order chi connectivity index (χ0) is 15.6. The van der Waals surface area contributed by atoms with Crippen molar-refractivity contribution in [1.29, 1.82) is 0 Å². The first-order valence-electron chi connectivity index (χ1n) is 5.66. The van der Waals surface area contributed by atoms with Gasteiger partial charge in [-0.15, -0.1) is 0 Å². The lowest BCUT2D eigenvalue weighted by molar-refractivity contribution is 0.102. The number of anilines is 1. The molecule has 0 aromatic heterocycles. The first kappa shape index (κ1) is 15.4. The second-order valence-electron chi connectivity index (χ2n) is 4.15. The maximum atomic E-state index is 12.8. The van der Waals surface area contributed by atoms with E-state index in [2.05, 4.69) is 5.32 Å². The normalized spacial score (nSPS) is 11.2. The molecule has 0 unspecified atom stereocenters. The number of primary sulfonamides is 1. The number of sulfonamides is 1. The number of hydrogen-bond acceptors (Lipinski definition) is 3. The third kappa shape index (κ3) is 3.78. The molecule has 110 valence electrons. The van der Waals surface area contributed by atoms with Gasteiger partial charge in [0, 0.05) is 5.56 Å². The lowest BCUT2D eigenvalue weighted by Crippen LogP contribution is -2.14. The number of carbonyl (C=O) groups excluding carboxylic acids is 1. The minimum Gasteiger partial charge on any atom is -0.321 e. The van der Waals surface area contributed by atoms with Crippen LogP contribution in [0.2, 0.25) is 5.02 Å². The van der Waals surface area contributed by atoms with Crippen molar-refractivity contribution in [2.24, 2.45) is 5.14 Å². The molecule has 0 heterocycles. The molecule has 2 aromatic carbocycles.